The molecular weight excluding hydrogens is 368 g/mol. The van der Waals surface area contributed by atoms with Gasteiger partial charge in [-0.15, -0.1) is 11.3 Å². The molecule has 0 saturated carbocycles. The van der Waals surface area contributed by atoms with Gasteiger partial charge in [-0.25, -0.2) is 0 Å². The van der Waals surface area contributed by atoms with Crippen LogP contribution in [0.15, 0.2) is 42.5 Å². The number of hydrogen-bond acceptors (Lipinski definition) is 4. The van der Waals surface area contributed by atoms with Crippen molar-refractivity contribution in [2.75, 3.05) is 32.7 Å². The second kappa shape index (κ2) is 8.18. The number of rotatable bonds is 5. The minimum atomic E-state index is 0.0308. The number of Topliss-reactive ketones (excluding diaryl/α,β-unsaturated/α-hetero) is 1. The van der Waals surface area contributed by atoms with E-state index in [0.29, 0.717) is 9.75 Å². The molecular formula is C23H28N2O2S. The van der Waals surface area contributed by atoms with E-state index in [1.165, 1.54) is 29.7 Å². The Kier molecular flexibility index (Phi) is 5.65. The van der Waals surface area contributed by atoms with E-state index in [2.05, 4.69) is 35.2 Å². The van der Waals surface area contributed by atoms with Crippen LogP contribution in [0.1, 0.15) is 51.1 Å². The highest BCUT2D eigenvalue weighted by Crippen LogP contribution is 2.39. The second-order valence-electron chi connectivity index (χ2n) is 8.31. The van der Waals surface area contributed by atoms with Crippen molar-refractivity contribution < 1.29 is 9.59 Å². The van der Waals surface area contributed by atoms with Crippen molar-refractivity contribution in [3.63, 3.8) is 0 Å². The molecule has 2 aliphatic heterocycles. The Morgan fingerprint density at radius 3 is 2.54 bits per heavy atom. The van der Waals surface area contributed by atoms with E-state index < -0.39 is 0 Å². The largest absolute Gasteiger partial charge is 0.337 e. The number of likely N-dealkylation sites (tertiary alicyclic amines) is 2. The van der Waals surface area contributed by atoms with Crippen LogP contribution in [0.3, 0.4) is 0 Å². The third kappa shape index (κ3) is 4.20. The lowest BCUT2D eigenvalue weighted by Gasteiger charge is -2.40. The van der Waals surface area contributed by atoms with Crippen LogP contribution in [0.5, 0.6) is 0 Å². The number of benzene rings is 1. The van der Waals surface area contributed by atoms with E-state index in [-0.39, 0.29) is 17.1 Å². The summed E-state index contributed by atoms with van der Waals surface area (Å²) < 4.78 is 0. The quantitative estimate of drug-likeness (QED) is 0.714. The Labute approximate surface area is 171 Å². The van der Waals surface area contributed by atoms with Crippen LogP contribution in [-0.4, -0.2) is 54.2 Å². The predicted molar refractivity (Wildman–Crippen MR) is 113 cm³/mol. The van der Waals surface area contributed by atoms with Crippen LogP contribution in [0, 0.1) is 5.41 Å². The topological polar surface area (TPSA) is 40.6 Å². The fourth-order valence-corrected chi connectivity index (χ4v) is 5.54. The summed E-state index contributed by atoms with van der Waals surface area (Å²) in [5, 5.41) is 0. The Hall–Kier alpha value is -1.98. The first-order chi connectivity index (χ1) is 13.5. The first-order valence-electron chi connectivity index (χ1n) is 10.2. The van der Waals surface area contributed by atoms with Crippen LogP contribution in [0.2, 0.25) is 0 Å². The van der Waals surface area contributed by atoms with Gasteiger partial charge in [0.25, 0.3) is 5.91 Å². The number of ketones is 1. The molecule has 148 valence electrons. The summed E-state index contributed by atoms with van der Waals surface area (Å²) in [6, 6.07) is 14.3. The van der Waals surface area contributed by atoms with Crippen molar-refractivity contribution in [3.05, 3.63) is 57.8 Å². The van der Waals surface area contributed by atoms with E-state index in [4.69, 9.17) is 0 Å². The molecule has 1 spiro atoms. The Balaban J connectivity index is 1.36. The van der Waals surface area contributed by atoms with Gasteiger partial charge >= 0.3 is 0 Å². The molecule has 5 heteroatoms. The maximum absolute atomic E-state index is 12.9. The zero-order valence-electron chi connectivity index (χ0n) is 16.5. The third-order valence-corrected chi connectivity index (χ3v) is 7.36. The summed E-state index contributed by atoms with van der Waals surface area (Å²) >= 11 is 1.33. The number of amides is 1. The number of hydrogen-bond donors (Lipinski definition) is 0. The highest BCUT2D eigenvalue weighted by atomic mass is 32.1. The van der Waals surface area contributed by atoms with Crippen LogP contribution in [-0.2, 0) is 6.42 Å². The molecule has 2 fully saturated rings. The van der Waals surface area contributed by atoms with E-state index in [0.717, 1.165) is 45.6 Å². The van der Waals surface area contributed by atoms with Gasteiger partial charge in [0, 0.05) is 31.6 Å². The van der Waals surface area contributed by atoms with Crippen LogP contribution < -0.4 is 0 Å². The fourth-order valence-electron chi connectivity index (χ4n) is 4.67. The average molecular weight is 397 g/mol. The van der Waals surface area contributed by atoms with Gasteiger partial charge in [0.15, 0.2) is 5.78 Å². The van der Waals surface area contributed by atoms with Gasteiger partial charge in [-0.05, 0) is 56.8 Å². The molecule has 4 nitrogen and oxygen atoms in total. The molecule has 2 aliphatic rings. The summed E-state index contributed by atoms with van der Waals surface area (Å²) in [5.41, 5.74) is 1.63. The molecule has 3 heterocycles. The Morgan fingerprint density at radius 1 is 1.00 bits per heavy atom. The van der Waals surface area contributed by atoms with E-state index in [1.54, 1.807) is 13.0 Å². The lowest BCUT2D eigenvalue weighted by molar-refractivity contribution is 0.0696. The zero-order chi connectivity index (χ0) is 19.6. The van der Waals surface area contributed by atoms with E-state index in [9.17, 15) is 9.59 Å². The Bertz CT molecular complexity index is 847. The van der Waals surface area contributed by atoms with Gasteiger partial charge in [-0.3, -0.25) is 9.59 Å². The molecule has 1 amide bonds. The van der Waals surface area contributed by atoms with E-state index in [1.807, 2.05) is 11.0 Å². The summed E-state index contributed by atoms with van der Waals surface area (Å²) in [5.74, 6) is 0.124. The van der Waals surface area contributed by atoms with Crippen molar-refractivity contribution in [2.24, 2.45) is 5.41 Å². The van der Waals surface area contributed by atoms with Crippen molar-refractivity contribution >= 4 is 23.0 Å². The molecule has 0 aliphatic carbocycles. The first-order valence-corrected chi connectivity index (χ1v) is 11.0. The number of piperidine rings is 1. The minimum absolute atomic E-state index is 0.0308. The van der Waals surface area contributed by atoms with Gasteiger partial charge in [0.1, 0.15) is 0 Å². The average Bonchev–Trinajstić information content (AvgIpc) is 3.35. The summed E-state index contributed by atoms with van der Waals surface area (Å²) in [6.45, 7) is 6.57. The molecule has 0 bridgehead atoms. The van der Waals surface area contributed by atoms with Crippen molar-refractivity contribution in [1.82, 2.24) is 9.80 Å². The molecule has 1 aromatic heterocycles. The van der Waals surface area contributed by atoms with Crippen molar-refractivity contribution in [3.8, 4) is 0 Å². The number of carbonyl (C=O) groups excluding carboxylic acids is 2. The van der Waals surface area contributed by atoms with Gasteiger partial charge in [0.05, 0.1) is 9.75 Å². The molecule has 2 aromatic rings. The molecule has 2 saturated heterocycles. The molecule has 0 unspecified atom stereocenters. The molecule has 1 aromatic carbocycles. The van der Waals surface area contributed by atoms with Gasteiger partial charge in [-0.2, -0.15) is 0 Å². The molecule has 0 N–H and O–H groups in total. The van der Waals surface area contributed by atoms with E-state index >= 15 is 0 Å². The molecule has 0 radical (unpaired) electrons. The highest BCUT2D eigenvalue weighted by molar-refractivity contribution is 7.15. The number of thiophene rings is 1. The Morgan fingerprint density at radius 2 is 1.79 bits per heavy atom. The van der Waals surface area contributed by atoms with Gasteiger partial charge in [0.2, 0.25) is 0 Å². The fraction of sp³-hybridized carbons (Fsp3) is 0.478. The molecule has 1 atom stereocenters. The highest BCUT2D eigenvalue weighted by Gasteiger charge is 2.42. The van der Waals surface area contributed by atoms with Crippen LogP contribution in [0.25, 0.3) is 0 Å². The number of nitrogens with zero attached hydrogens (tertiary/aromatic N) is 2. The second-order valence-corrected chi connectivity index (χ2v) is 9.40. The third-order valence-electron chi connectivity index (χ3n) is 6.19. The molecule has 4 rings (SSSR count). The van der Waals surface area contributed by atoms with Crippen LogP contribution >= 0.6 is 11.3 Å². The maximum Gasteiger partial charge on any atom is 0.263 e. The predicted octanol–water partition coefficient (Wildman–Crippen LogP) is 4.12. The lowest BCUT2D eigenvalue weighted by Crippen LogP contribution is -2.45. The summed E-state index contributed by atoms with van der Waals surface area (Å²) in [7, 11) is 0. The molecule has 28 heavy (non-hydrogen) atoms. The first kappa shape index (κ1) is 19.3. The standard InChI is InChI=1S/C23H28N2O2S/c1-18(26)20-8-9-21(28-20)22(27)25-15-12-23(17-25)11-5-13-24(16-23)14-10-19-6-3-2-4-7-19/h2-4,6-9H,5,10-17H2,1H3/t23-/m0/s1. The van der Waals surface area contributed by atoms with Crippen molar-refractivity contribution in [2.45, 2.75) is 32.6 Å². The summed E-state index contributed by atoms with van der Waals surface area (Å²) in [6.07, 6.45) is 4.60. The van der Waals surface area contributed by atoms with Crippen LogP contribution in [0.4, 0.5) is 0 Å². The lowest BCUT2D eigenvalue weighted by atomic mass is 9.79. The van der Waals surface area contributed by atoms with Crippen molar-refractivity contribution in [1.29, 1.82) is 0 Å². The smallest absolute Gasteiger partial charge is 0.263 e. The van der Waals surface area contributed by atoms with Gasteiger partial charge < -0.3 is 9.80 Å². The maximum atomic E-state index is 12.9. The SMILES string of the molecule is CC(=O)c1ccc(C(=O)N2CC[C@]3(CCCN(CCc4ccccc4)C3)C2)s1. The zero-order valence-corrected chi connectivity index (χ0v) is 17.3. The summed E-state index contributed by atoms with van der Waals surface area (Å²) in [4.78, 5) is 30.4. The monoisotopic (exact) mass is 396 g/mol. The number of carbonyl (C=O) groups is 2. The normalized spacial score (nSPS) is 22.7. The minimum Gasteiger partial charge on any atom is -0.337 e. The van der Waals surface area contributed by atoms with Gasteiger partial charge in [-0.1, -0.05) is 30.3 Å².